The molecule has 3 rings (SSSR count). The van der Waals surface area contributed by atoms with Crippen molar-refractivity contribution in [1.82, 2.24) is 9.97 Å². The van der Waals surface area contributed by atoms with E-state index < -0.39 is 35.1 Å². The lowest BCUT2D eigenvalue weighted by Crippen LogP contribution is -2.40. The van der Waals surface area contributed by atoms with Gasteiger partial charge >= 0.3 is 6.03 Å². The smallest absolute Gasteiger partial charge is 0.332 e. The van der Waals surface area contributed by atoms with Gasteiger partial charge in [-0.2, -0.15) is 4.98 Å². The first kappa shape index (κ1) is 23.0. The molecule has 2 aromatic carbocycles. The second-order valence-electron chi connectivity index (χ2n) is 7.62. The van der Waals surface area contributed by atoms with E-state index in [4.69, 9.17) is 0 Å². The topological polar surface area (TPSA) is 90.4 Å². The van der Waals surface area contributed by atoms with Gasteiger partial charge in [0.2, 0.25) is 5.95 Å². The Morgan fingerprint density at radius 3 is 2.38 bits per heavy atom. The number of hydrogen-bond donors (Lipinski definition) is 3. The van der Waals surface area contributed by atoms with E-state index in [0.717, 1.165) is 35.2 Å². The molecule has 2 amide bonds. The molecule has 3 N–H and O–H groups in total. The number of aromatic nitrogens is 2. The Balaban J connectivity index is 1.98. The van der Waals surface area contributed by atoms with E-state index in [2.05, 4.69) is 20.6 Å². The van der Waals surface area contributed by atoms with E-state index in [1.807, 2.05) is 0 Å². The van der Waals surface area contributed by atoms with E-state index in [-0.39, 0.29) is 23.1 Å². The maximum absolute atomic E-state index is 14.1. The molecule has 0 radical (unpaired) electrons. The summed E-state index contributed by atoms with van der Waals surface area (Å²) in [5.41, 5.74) is -1.23. The number of benzene rings is 2. The second kappa shape index (κ2) is 9.23. The largest absolute Gasteiger partial charge is 0.388 e. The third kappa shape index (κ3) is 5.52. The lowest BCUT2D eigenvalue weighted by molar-refractivity contribution is 0.0646. The highest BCUT2D eigenvalue weighted by atomic mass is 19.1. The zero-order valence-corrected chi connectivity index (χ0v) is 17.6. The van der Waals surface area contributed by atoms with Crippen molar-refractivity contribution in [3.8, 4) is 0 Å². The molecule has 0 bridgehead atoms. The quantitative estimate of drug-likeness (QED) is 0.505. The van der Waals surface area contributed by atoms with Crippen LogP contribution in [0.3, 0.4) is 0 Å². The number of aliphatic hydroxyl groups is 1. The van der Waals surface area contributed by atoms with Crippen LogP contribution in [-0.2, 0) is 0 Å². The fourth-order valence-electron chi connectivity index (χ4n) is 2.62. The Bertz CT molecular complexity index is 1100. The Morgan fingerprint density at radius 2 is 1.72 bits per heavy atom. The third-order valence-electron chi connectivity index (χ3n) is 4.73. The average molecular weight is 445 g/mol. The molecule has 0 aliphatic heterocycles. The number of halogens is 3. The van der Waals surface area contributed by atoms with Crippen molar-refractivity contribution in [1.29, 1.82) is 0 Å². The van der Waals surface area contributed by atoms with E-state index in [1.165, 1.54) is 24.4 Å². The summed E-state index contributed by atoms with van der Waals surface area (Å²) < 4.78 is 41.0. The van der Waals surface area contributed by atoms with Crippen molar-refractivity contribution in [2.45, 2.75) is 32.4 Å². The number of rotatable bonds is 6. The zero-order chi connectivity index (χ0) is 23.5. The lowest BCUT2D eigenvalue weighted by Gasteiger charge is -2.27. The summed E-state index contributed by atoms with van der Waals surface area (Å²) in [6.45, 7) is 4.95. The fraction of sp³-hybridized carbons (Fsp3) is 0.227. The van der Waals surface area contributed by atoms with Crippen LogP contribution in [-0.4, -0.2) is 32.7 Å². The summed E-state index contributed by atoms with van der Waals surface area (Å²) in [7, 11) is 0. The normalized spacial score (nSPS) is 12.2. The minimum absolute atomic E-state index is 0.0753. The van der Waals surface area contributed by atoms with Gasteiger partial charge < -0.3 is 15.7 Å². The molecule has 0 aliphatic carbocycles. The summed E-state index contributed by atoms with van der Waals surface area (Å²) in [6, 6.07) is 7.75. The molecule has 1 atom stereocenters. The molecule has 0 aliphatic rings. The molecule has 32 heavy (non-hydrogen) atoms. The van der Waals surface area contributed by atoms with Gasteiger partial charge in [0.15, 0.2) is 0 Å². The van der Waals surface area contributed by atoms with Crippen molar-refractivity contribution in [2.24, 2.45) is 0 Å². The van der Waals surface area contributed by atoms with Crippen molar-refractivity contribution >= 4 is 29.2 Å². The van der Waals surface area contributed by atoms with Crippen LogP contribution in [0.4, 0.5) is 41.1 Å². The standard InChI is InChI=1S/C22H22F3N5O2/c1-13(22(2,3)32)27-20-26-11-10-19(29-20)30(16-7-4-14(23)5-8-16)21(31)28-18-12-15(24)6-9-17(18)25/h4-13,32H,1-3H3,(H,28,31)(H,26,27,29)/t13-/m0/s1. The van der Waals surface area contributed by atoms with Crippen LogP contribution >= 0.6 is 0 Å². The number of nitrogens with one attached hydrogen (secondary N) is 2. The summed E-state index contributed by atoms with van der Waals surface area (Å²) in [5, 5.41) is 15.4. The van der Waals surface area contributed by atoms with Crippen molar-refractivity contribution in [3.63, 3.8) is 0 Å². The molecule has 0 spiro atoms. The molecule has 10 heteroatoms. The molecule has 3 aromatic rings. The number of amides is 2. The fourth-order valence-corrected chi connectivity index (χ4v) is 2.62. The van der Waals surface area contributed by atoms with Gasteiger partial charge in [-0.3, -0.25) is 0 Å². The van der Waals surface area contributed by atoms with Crippen molar-refractivity contribution in [3.05, 3.63) is 72.2 Å². The van der Waals surface area contributed by atoms with Gasteiger partial charge in [0, 0.05) is 18.3 Å². The molecule has 0 saturated heterocycles. The number of carbonyl (C=O) groups is 1. The Hall–Kier alpha value is -3.66. The van der Waals surface area contributed by atoms with Crippen molar-refractivity contribution < 1.29 is 23.1 Å². The third-order valence-corrected chi connectivity index (χ3v) is 4.73. The van der Waals surface area contributed by atoms with Gasteiger partial charge in [-0.15, -0.1) is 0 Å². The van der Waals surface area contributed by atoms with Crippen LogP contribution in [0.2, 0.25) is 0 Å². The Labute approximate surface area is 182 Å². The molecule has 7 nitrogen and oxygen atoms in total. The average Bonchev–Trinajstić information content (AvgIpc) is 2.72. The lowest BCUT2D eigenvalue weighted by atomic mass is 10.0. The van der Waals surface area contributed by atoms with Gasteiger partial charge in [-0.1, -0.05) is 0 Å². The maximum atomic E-state index is 14.1. The predicted molar refractivity (Wildman–Crippen MR) is 115 cm³/mol. The van der Waals surface area contributed by atoms with Crippen LogP contribution in [0.15, 0.2) is 54.7 Å². The Morgan fingerprint density at radius 1 is 1.06 bits per heavy atom. The van der Waals surface area contributed by atoms with Gasteiger partial charge in [0.1, 0.15) is 23.3 Å². The van der Waals surface area contributed by atoms with E-state index in [9.17, 15) is 23.1 Å². The van der Waals surface area contributed by atoms with E-state index in [0.29, 0.717) is 0 Å². The van der Waals surface area contributed by atoms with Gasteiger partial charge in [0.05, 0.1) is 23.0 Å². The van der Waals surface area contributed by atoms with Crippen molar-refractivity contribution in [2.75, 3.05) is 15.5 Å². The van der Waals surface area contributed by atoms with Crippen LogP contribution in [0.5, 0.6) is 0 Å². The van der Waals surface area contributed by atoms with E-state index >= 15 is 0 Å². The van der Waals surface area contributed by atoms with E-state index in [1.54, 1.807) is 20.8 Å². The summed E-state index contributed by atoms with van der Waals surface area (Å²) >= 11 is 0. The number of hydrogen-bond acceptors (Lipinski definition) is 5. The highest BCUT2D eigenvalue weighted by molar-refractivity contribution is 6.06. The molecular formula is C22H22F3N5O2. The number of carbonyl (C=O) groups excluding carboxylic acids is 1. The molecule has 1 heterocycles. The molecule has 0 unspecified atom stereocenters. The van der Waals surface area contributed by atoms with Gasteiger partial charge in [-0.25, -0.2) is 27.8 Å². The highest BCUT2D eigenvalue weighted by Gasteiger charge is 2.25. The second-order valence-corrected chi connectivity index (χ2v) is 7.62. The van der Waals surface area contributed by atoms with Gasteiger partial charge in [-0.05, 0) is 57.2 Å². The first-order valence-electron chi connectivity index (χ1n) is 9.68. The minimum atomic E-state index is -1.08. The molecule has 168 valence electrons. The molecule has 0 fully saturated rings. The first-order chi connectivity index (χ1) is 15.0. The van der Waals surface area contributed by atoms with Crippen LogP contribution in [0, 0.1) is 17.5 Å². The summed E-state index contributed by atoms with van der Waals surface area (Å²) in [4.78, 5) is 22.5. The highest BCUT2D eigenvalue weighted by Crippen LogP contribution is 2.27. The zero-order valence-electron chi connectivity index (χ0n) is 17.6. The summed E-state index contributed by atoms with van der Waals surface area (Å²) in [6.07, 6.45) is 1.38. The maximum Gasteiger partial charge on any atom is 0.332 e. The number of nitrogens with zero attached hydrogens (tertiary/aromatic N) is 3. The predicted octanol–water partition coefficient (Wildman–Crippen LogP) is 4.84. The summed E-state index contributed by atoms with van der Waals surface area (Å²) in [5.74, 6) is -1.89. The Kier molecular flexibility index (Phi) is 6.64. The van der Waals surface area contributed by atoms with Crippen LogP contribution < -0.4 is 15.5 Å². The molecule has 0 saturated carbocycles. The first-order valence-corrected chi connectivity index (χ1v) is 9.68. The monoisotopic (exact) mass is 445 g/mol. The molecular weight excluding hydrogens is 423 g/mol. The minimum Gasteiger partial charge on any atom is -0.388 e. The number of urea groups is 1. The number of anilines is 4. The molecule has 1 aromatic heterocycles. The van der Waals surface area contributed by atoms with Crippen LogP contribution in [0.25, 0.3) is 0 Å². The van der Waals surface area contributed by atoms with Crippen LogP contribution in [0.1, 0.15) is 20.8 Å². The SMILES string of the molecule is C[C@H](Nc1nccc(N(C(=O)Nc2cc(F)ccc2F)c2ccc(F)cc2)n1)C(C)(C)O. The van der Waals surface area contributed by atoms with Gasteiger partial charge in [0.25, 0.3) is 0 Å².